The molecule has 0 fully saturated rings. The summed E-state index contributed by atoms with van der Waals surface area (Å²) in [7, 11) is 0. The molecule has 0 atom stereocenters. The Morgan fingerprint density at radius 1 is 1.33 bits per heavy atom. The Kier molecular flexibility index (Phi) is 3.53. The van der Waals surface area contributed by atoms with Gasteiger partial charge in [0.25, 0.3) is 0 Å². The molecular weight excluding hydrogens is 259 g/mol. The van der Waals surface area contributed by atoms with Gasteiger partial charge in [0.2, 0.25) is 0 Å². The van der Waals surface area contributed by atoms with E-state index in [2.05, 4.69) is 44.3 Å². The summed E-state index contributed by atoms with van der Waals surface area (Å²) in [6.45, 7) is 9.73. The minimum atomic E-state index is -0.0613. The summed E-state index contributed by atoms with van der Waals surface area (Å²) >= 11 is -0.0613. The van der Waals surface area contributed by atoms with Gasteiger partial charge in [-0.15, -0.1) is 0 Å². The van der Waals surface area contributed by atoms with Gasteiger partial charge < -0.3 is 0 Å². The zero-order chi connectivity index (χ0) is 8.97. The average molecular weight is 271 g/mol. The Labute approximate surface area is 84.3 Å². The van der Waals surface area contributed by atoms with Crippen molar-refractivity contribution in [2.75, 3.05) is 0 Å². The van der Waals surface area contributed by atoms with Gasteiger partial charge in [0.1, 0.15) is 0 Å². The van der Waals surface area contributed by atoms with Crippen LogP contribution in [0, 0.1) is 10.5 Å². The van der Waals surface area contributed by atoms with Crippen molar-refractivity contribution >= 4 is 0 Å². The normalized spacial score (nSPS) is 9.42. The van der Waals surface area contributed by atoms with E-state index >= 15 is 0 Å². The smallest absolute Gasteiger partial charge is 0.0946 e. The van der Waals surface area contributed by atoms with Crippen molar-refractivity contribution in [2.24, 2.45) is 0 Å². The molecule has 12 heavy (non-hydrogen) atoms. The number of hydrogen-bond acceptors (Lipinski definition) is 0. The van der Waals surface area contributed by atoms with Gasteiger partial charge in [-0.25, -0.2) is 0 Å². The number of allylic oxidation sites excluding steroid dienone is 2. The highest BCUT2D eigenvalue weighted by molar-refractivity contribution is 5.12. The predicted octanol–water partition coefficient (Wildman–Crippen LogP) is -0.0467. The molecule has 0 nitrogen and oxygen atoms in total. The van der Waals surface area contributed by atoms with E-state index in [0.717, 1.165) is 0 Å². The number of hydrogen-bond donors (Lipinski definition) is 0. The van der Waals surface area contributed by atoms with Gasteiger partial charge in [-0.3, -0.25) is 0 Å². The highest BCUT2D eigenvalue weighted by Gasteiger charge is 2.12. The largest absolute Gasteiger partial charge is 0.357 e. The van der Waals surface area contributed by atoms with Gasteiger partial charge in [0.05, 0.1) is 0 Å². The van der Waals surface area contributed by atoms with Crippen LogP contribution in [0.3, 0.4) is 0 Å². The van der Waals surface area contributed by atoms with Crippen LogP contribution >= 0.6 is 0 Å². The summed E-state index contributed by atoms with van der Waals surface area (Å²) in [5.74, 6) is 0. The molecule has 1 aromatic rings. The molecule has 0 radical (unpaired) electrons. The zero-order valence-corrected chi connectivity index (χ0v) is 9.34. The quantitative estimate of drug-likeness (QED) is 0.534. The van der Waals surface area contributed by atoms with E-state index in [1.165, 1.54) is 12.7 Å². The molecule has 0 heterocycles. The summed E-state index contributed by atoms with van der Waals surface area (Å²) < 4.78 is 2.59. The molecule has 0 unspecified atom stereocenters. The van der Waals surface area contributed by atoms with Crippen molar-refractivity contribution in [3.05, 3.63) is 56.2 Å². The molecule has 0 bridgehead atoms. The standard InChI is InChI=1S/C11H12I/c1-4-10(3)12-11-7-5-9(2)6-8-11/h4-8H,1,3H2,2H3/q+1. The Morgan fingerprint density at radius 2 is 1.92 bits per heavy atom. The fourth-order valence-corrected chi connectivity index (χ4v) is 2.51. The number of halogens is 1. The lowest BCUT2D eigenvalue weighted by Crippen LogP contribution is -3.60. The van der Waals surface area contributed by atoms with Crippen molar-refractivity contribution in [3.63, 3.8) is 0 Å². The van der Waals surface area contributed by atoms with Crippen LogP contribution in [0.5, 0.6) is 0 Å². The molecule has 1 rings (SSSR count). The minimum absolute atomic E-state index is 0.0613. The summed E-state index contributed by atoms with van der Waals surface area (Å²) in [5, 5.41) is 0. The molecule has 62 valence electrons. The third-order valence-corrected chi connectivity index (χ3v) is 3.94. The van der Waals surface area contributed by atoms with Crippen LogP contribution in [0.2, 0.25) is 0 Å². The average Bonchev–Trinajstić information content (AvgIpc) is 2.09. The van der Waals surface area contributed by atoms with Gasteiger partial charge in [-0.1, -0.05) is 24.3 Å². The van der Waals surface area contributed by atoms with Crippen LogP contribution < -0.4 is 21.2 Å². The van der Waals surface area contributed by atoms with Crippen molar-refractivity contribution < 1.29 is 21.2 Å². The van der Waals surface area contributed by atoms with Crippen LogP contribution in [0.25, 0.3) is 0 Å². The Hall–Kier alpha value is -0.570. The summed E-state index contributed by atoms with van der Waals surface area (Å²) in [4.78, 5) is 0. The van der Waals surface area contributed by atoms with Crippen LogP contribution in [0.4, 0.5) is 0 Å². The zero-order valence-electron chi connectivity index (χ0n) is 7.18. The van der Waals surface area contributed by atoms with Crippen LogP contribution in [0.1, 0.15) is 5.56 Å². The van der Waals surface area contributed by atoms with Crippen molar-refractivity contribution in [3.8, 4) is 0 Å². The monoisotopic (exact) mass is 271 g/mol. The van der Waals surface area contributed by atoms with Gasteiger partial charge in [0, 0.05) is 0 Å². The molecule has 0 aliphatic heterocycles. The second-order valence-corrected chi connectivity index (χ2v) is 5.71. The third-order valence-electron chi connectivity index (χ3n) is 1.46. The van der Waals surface area contributed by atoms with Crippen molar-refractivity contribution in [1.29, 1.82) is 0 Å². The van der Waals surface area contributed by atoms with E-state index in [9.17, 15) is 0 Å². The second-order valence-electron chi connectivity index (χ2n) is 2.54. The highest BCUT2D eigenvalue weighted by Crippen LogP contribution is 1.93. The van der Waals surface area contributed by atoms with Crippen molar-refractivity contribution in [1.82, 2.24) is 0 Å². The van der Waals surface area contributed by atoms with E-state index in [1.54, 1.807) is 0 Å². The molecule has 0 spiro atoms. The number of benzene rings is 1. The molecule has 0 saturated carbocycles. The first-order valence-corrected chi connectivity index (χ1v) is 5.91. The highest BCUT2D eigenvalue weighted by atomic mass is 127. The maximum atomic E-state index is 3.92. The number of aryl methyl sites for hydroxylation is 1. The number of rotatable bonds is 3. The first kappa shape index (κ1) is 9.52. The van der Waals surface area contributed by atoms with Gasteiger partial charge in [-0.05, 0) is 31.7 Å². The van der Waals surface area contributed by atoms with Gasteiger partial charge >= 0.3 is 21.2 Å². The van der Waals surface area contributed by atoms with E-state index in [-0.39, 0.29) is 21.2 Å². The molecule has 1 aromatic carbocycles. The summed E-state index contributed by atoms with van der Waals surface area (Å²) in [5.41, 5.74) is 1.31. The first-order valence-electron chi connectivity index (χ1n) is 3.75. The van der Waals surface area contributed by atoms with E-state index < -0.39 is 0 Å². The van der Waals surface area contributed by atoms with Crippen LogP contribution in [-0.2, 0) is 0 Å². The summed E-state index contributed by atoms with van der Waals surface area (Å²) in [6.07, 6.45) is 1.85. The van der Waals surface area contributed by atoms with E-state index in [1.807, 2.05) is 6.08 Å². The molecule has 0 amide bonds. The Bertz CT molecular complexity index is 282. The van der Waals surface area contributed by atoms with E-state index in [0.29, 0.717) is 0 Å². The Morgan fingerprint density at radius 3 is 2.42 bits per heavy atom. The predicted molar refractivity (Wildman–Crippen MR) is 49.2 cm³/mol. The fraction of sp³-hybridized carbons (Fsp3) is 0.0909. The Balaban J connectivity index is 2.71. The maximum absolute atomic E-state index is 3.92. The SMILES string of the molecule is C=CC(=C)[I+]c1ccc(C)cc1. The molecule has 0 N–H and O–H groups in total. The molecule has 0 aromatic heterocycles. The fourth-order valence-electron chi connectivity index (χ4n) is 0.775. The topological polar surface area (TPSA) is 0 Å². The third kappa shape index (κ3) is 2.81. The summed E-state index contributed by atoms with van der Waals surface area (Å²) in [6, 6.07) is 8.64. The first-order chi connectivity index (χ1) is 5.72. The molecule has 0 saturated heterocycles. The molecule has 0 aliphatic carbocycles. The van der Waals surface area contributed by atoms with Crippen LogP contribution in [-0.4, -0.2) is 0 Å². The van der Waals surface area contributed by atoms with Gasteiger partial charge in [-0.2, -0.15) is 0 Å². The minimum Gasteiger partial charge on any atom is -0.0946 e. The van der Waals surface area contributed by atoms with Gasteiger partial charge in [0.15, 0.2) is 7.15 Å². The van der Waals surface area contributed by atoms with Crippen molar-refractivity contribution in [2.45, 2.75) is 6.92 Å². The lowest BCUT2D eigenvalue weighted by atomic mass is 10.2. The molecule has 1 heteroatoms. The lowest BCUT2D eigenvalue weighted by Gasteiger charge is -1.87. The second kappa shape index (κ2) is 4.45. The lowest BCUT2D eigenvalue weighted by molar-refractivity contribution is -0.571. The molecule has 0 aliphatic rings. The maximum Gasteiger partial charge on any atom is 0.357 e. The molecular formula is C11H12I+. The van der Waals surface area contributed by atoms with E-state index in [4.69, 9.17) is 0 Å². The van der Waals surface area contributed by atoms with Crippen LogP contribution in [0.15, 0.2) is 47.1 Å².